The van der Waals surface area contributed by atoms with Crippen LogP contribution < -0.4 is 10.2 Å². The number of rotatable bonds is 4. The summed E-state index contributed by atoms with van der Waals surface area (Å²) in [7, 11) is -3.64. The average Bonchev–Trinajstić information content (AvgIpc) is 2.64. The summed E-state index contributed by atoms with van der Waals surface area (Å²) in [6.07, 6.45) is 6.08. The van der Waals surface area contributed by atoms with Gasteiger partial charge in [0.05, 0.1) is 12.8 Å². The van der Waals surface area contributed by atoms with E-state index in [1.807, 2.05) is 6.92 Å². The molecule has 0 spiro atoms. The monoisotopic (exact) mass is 441 g/mol. The minimum atomic E-state index is -3.64. The summed E-state index contributed by atoms with van der Waals surface area (Å²) in [6.45, 7) is 3.05. The second-order valence-corrected chi connectivity index (χ2v) is 10.7. The van der Waals surface area contributed by atoms with E-state index in [9.17, 15) is 18.0 Å². The van der Waals surface area contributed by atoms with Gasteiger partial charge in [-0.25, -0.2) is 8.42 Å². The van der Waals surface area contributed by atoms with Crippen LogP contribution in [0.5, 0.6) is 0 Å². The molecular formula is C20H28ClN3O4S. The van der Waals surface area contributed by atoms with Crippen LogP contribution in [0.25, 0.3) is 0 Å². The quantitative estimate of drug-likeness (QED) is 0.777. The van der Waals surface area contributed by atoms with Gasteiger partial charge in [0.25, 0.3) is 0 Å². The third-order valence-corrected chi connectivity index (χ3v) is 7.45. The van der Waals surface area contributed by atoms with Crippen LogP contribution in [0.4, 0.5) is 5.69 Å². The van der Waals surface area contributed by atoms with Crippen molar-refractivity contribution in [1.29, 1.82) is 0 Å². The van der Waals surface area contributed by atoms with Crippen LogP contribution in [-0.2, 0) is 19.6 Å². The number of piperazine rings is 1. The van der Waals surface area contributed by atoms with E-state index < -0.39 is 21.5 Å². The molecule has 1 aromatic rings. The molecule has 0 bridgehead atoms. The molecule has 2 amide bonds. The molecule has 2 fully saturated rings. The first-order valence-corrected chi connectivity index (χ1v) is 12.1. The molecule has 7 nitrogen and oxygen atoms in total. The largest absolute Gasteiger partial charge is 0.351 e. The van der Waals surface area contributed by atoms with E-state index in [0.29, 0.717) is 10.7 Å². The standard InChI is InChI=1S/C20H28ClN3O4S/c1-14-9-10-16(11-17(14)21)24-18(25)12-23(29(3,27)28)13-20(24,2)19(26)22-15-7-5-4-6-8-15/h9-11,15H,4-8,12-13H2,1-3H3,(H,22,26)/t20-/m1/s1. The Kier molecular flexibility index (Phi) is 6.27. The fourth-order valence-corrected chi connectivity index (χ4v) is 5.12. The molecule has 1 saturated carbocycles. The summed E-state index contributed by atoms with van der Waals surface area (Å²) in [5.74, 6) is -0.800. The summed E-state index contributed by atoms with van der Waals surface area (Å²) in [5, 5.41) is 3.54. The minimum absolute atomic E-state index is 0.0419. The predicted molar refractivity (Wildman–Crippen MR) is 114 cm³/mol. The maximum Gasteiger partial charge on any atom is 0.247 e. The van der Waals surface area contributed by atoms with Crippen LogP contribution >= 0.6 is 11.6 Å². The molecule has 0 unspecified atom stereocenters. The molecule has 1 N–H and O–H groups in total. The number of hydrogen-bond acceptors (Lipinski definition) is 4. The van der Waals surface area contributed by atoms with Crippen molar-refractivity contribution in [2.75, 3.05) is 24.2 Å². The summed E-state index contributed by atoms with van der Waals surface area (Å²) >= 11 is 6.27. The molecular weight excluding hydrogens is 414 g/mol. The molecule has 0 aromatic heterocycles. The number of amides is 2. The summed E-state index contributed by atoms with van der Waals surface area (Å²) in [5.41, 5.74) is -0.0416. The zero-order valence-corrected chi connectivity index (χ0v) is 18.6. The first-order valence-electron chi connectivity index (χ1n) is 9.87. The van der Waals surface area contributed by atoms with E-state index in [1.165, 1.54) is 4.90 Å². The van der Waals surface area contributed by atoms with Crippen LogP contribution in [0.15, 0.2) is 18.2 Å². The van der Waals surface area contributed by atoms with Crippen molar-refractivity contribution >= 4 is 39.1 Å². The molecule has 1 aromatic carbocycles. The smallest absolute Gasteiger partial charge is 0.247 e. The molecule has 2 aliphatic rings. The second kappa shape index (κ2) is 8.24. The van der Waals surface area contributed by atoms with Gasteiger partial charge in [0.1, 0.15) is 5.54 Å². The Balaban J connectivity index is 1.99. The minimum Gasteiger partial charge on any atom is -0.351 e. The van der Waals surface area contributed by atoms with Crippen LogP contribution in [0.3, 0.4) is 0 Å². The first-order chi connectivity index (χ1) is 13.5. The Morgan fingerprint density at radius 2 is 1.90 bits per heavy atom. The lowest BCUT2D eigenvalue weighted by atomic mass is 9.91. The van der Waals surface area contributed by atoms with Crippen molar-refractivity contribution in [2.24, 2.45) is 0 Å². The number of carbonyl (C=O) groups excluding carboxylic acids is 2. The van der Waals surface area contributed by atoms with Gasteiger partial charge in [-0.3, -0.25) is 14.5 Å². The van der Waals surface area contributed by atoms with Crippen molar-refractivity contribution in [1.82, 2.24) is 9.62 Å². The normalized spacial score (nSPS) is 24.6. The number of nitrogens with one attached hydrogen (secondary N) is 1. The Bertz CT molecular complexity index is 914. The molecule has 1 heterocycles. The van der Waals surface area contributed by atoms with E-state index in [4.69, 9.17) is 11.6 Å². The van der Waals surface area contributed by atoms with Gasteiger partial charge < -0.3 is 5.32 Å². The molecule has 3 rings (SSSR count). The Morgan fingerprint density at radius 3 is 2.48 bits per heavy atom. The van der Waals surface area contributed by atoms with Gasteiger partial charge in [0, 0.05) is 23.3 Å². The van der Waals surface area contributed by atoms with Gasteiger partial charge in [-0.1, -0.05) is 36.9 Å². The molecule has 0 radical (unpaired) electrons. The third-order valence-electron chi connectivity index (χ3n) is 5.85. The number of aryl methyl sites for hydroxylation is 1. The summed E-state index contributed by atoms with van der Waals surface area (Å²) in [4.78, 5) is 27.8. The SMILES string of the molecule is Cc1ccc(N2C(=O)CN(S(C)(=O)=O)C[C@]2(C)C(=O)NC2CCCCC2)cc1Cl. The highest BCUT2D eigenvalue weighted by Gasteiger charge is 2.50. The maximum absolute atomic E-state index is 13.4. The molecule has 160 valence electrons. The Hall–Kier alpha value is -1.64. The van der Waals surface area contributed by atoms with Crippen molar-refractivity contribution in [3.05, 3.63) is 28.8 Å². The lowest BCUT2D eigenvalue weighted by Crippen LogP contribution is -2.70. The van der Waals surface area contributed by atoms with Crippen LogP contribution in [0.2, 0.25) is 5.02 Å². The molecule has 1 aliphatic carbocycles. The van der Waals surface area contributed by atoms with E-state index in [-0.39, 0.29) is 25.0 Å². The van der Waals surface area contributed by atoms with E-state index >= 15 is 0 Å². The zero-order chi connectivity index (χ0) is 21.4. The van der Waals surface area contributed by atoms with Crippen LogP contribution in [0, 0.1) is 6.92 Å². The van der Waals surface area contributed by atoms with Gasteiger partial charge in [-0.05, 0) is 44.4 Å². The number of halogens is 1. The lowest BCUT2D eigenvalue weighted by Gasteiger charge is -2.47. The zero-order valence-electron chi connectivity index (χ0n) is 17.1. The number of nitrogens with zero attached hydrogens (tertiary/aromatic N) is 2. The highest BCUT2D eigenvalue weighted by molar-refractivity contribution is 7.88. The topological polar surface area (TPSA) is 86.8 Å². The van der Waals surface area contributed by atoms with Gasteiger partial charge >= 0.3 is 0 Å². The number of hydrogen-bond donors (Lipinski definition) is 1. The Morgan fingerprint density at radius 1 is 1.24 bits per heavy atom. The van der Waals surface area contributed by atoms with Crippen molar-refractivity contribution < 1.29 is 18.0 Å². The molecule has 1 atom stereocenters. The van der Waals surface area contributed by atoms with Crippen molar-refractivity contribution in [3.8, 4) is 0 Å². The average molecular weight is 442 g/mol. The number of carbonyl (C=O) groups is 2. The molecule has 29 heavy (non-hydrogen) atoms. The van der Waals surface area contributed by atoms with Crippen molar-refractivity contribution in [2.45, 2.75) is 57.5 Å². The fourth-order valence-electron chi connectivity index (χ4n) is 4.11. The summed E-state index contributed by atoms with van der Waals surface area (Å²) in [6, 6.07) is 5.21. The second-order valence-electron chi connectivity index (χ2n) is 8.28. The van der Waals surface area contributed by atoms with Crippen LogP contribution in [-0.4, -0.2) is 55.5 Å². The summed E-state index contributed by atoms with van der Waals surface area (Å²) < 4.78 is 25.4. The number of benzene rings is 1. The van der Waals surface area contributed by atoms with Gasteiger partial charge in [0.15, 0.2) is 0 Å². The highest BCUT2D eigenvalue weighted by atomic mass is 35.5. The fraction of sp³-hybridized carbons (Fsp3) is 0.600. The molecule has 1 aliphatic heterocycles. The highest BCUT2D eigenvalue weighted by Crippen LogP contribution is 2.33. The van der Waals surface area contributed by atoms with Crippen molar-refractivity contribution in [3.63, 3.8) is 0 Å². The van der Waals surface area contributed by atoms with Gasteiger partial charge in [-0.15, -0.1) is 0 Å². The molecule has 1 saturated heterocycles. The predicted octanol–water partition coefficient (Wildman–Crippen LogP) is 2.46. The van der Waals surface area contributed by atoms with Crippen LogP contribution in [0.1, 0.15) is 44.6 Å². The lowest BCUT2D eigenvalue weighted by molar-refractivity contribution is -0.133. The van der Waals surface area contributed by atoms with E-state index in [1.54, 1.807) is 25.1 Å². The van der Waals surface area contributed by atoms with Gasteiger partial charge in [0.2, 0.25) is 21.8 Å². The Labute approximate surface area is 177 Å². The number of anilines is 1. The number of sulfonamides is 1. The van der Waals surface area contributed by atoms with E-state index in [2.05, 4.69) is 5.32 Å². The third kappa shape index (κ3) is 4.59. The van der Waals surface area contributed by atoms with Gasteiger partial charge in [-0.2, -0.15) is 4.31 Å². The first kappa shape index (κ1) is 22.1. The van der Waals surface area contributed by atoms with E-state index in [0.717, 1.165) is 48.2 Å². The molecule has 9 heteroatoms. The maximum atomic E-state index is 13.4.